The number of hydrogen-bond donors (Lipinski definition) is 2. The number of carbonyl (C=O) groups excluding carboxylic acids is 1. The van der Waals surface area contributed by atoms with Crippen molar-refractivity contribution >= 4 is 17.4 Å². The first-order chi connectivity index (χ1) is 12.2. The van der Waals surface area contributed by atoms with Crippen LogP contribution in [0.2, 0.25) is 0 Å². The molecular formula is C18H16N6O. The van der Waals surface area contributed by atoms with Crippen LogP contribution >= 0.6 is 0 Å². The maximum atomic E-state index is 12.4. The summed E-state index contributed by atoms with van der Waals surface area (Å²) in [7, 11) is 0. The Kier molecular flexibility index (Phi) is 3.74. The van der Waals surface area contributed by atoms with E-state index < -0.39 is 0 Å². The minimum atomic E-state index is -0.0854. The minimum Gasteiger partial charge on any atom is -0.310 e. The molecule has 0 aliphatic heterocycles. The smallest absolute Gasteiger partial charge is 0.229 e. The summed E-state index contributed by atoms with van der Waals surface area (Å²) in [6.07, 6.45) is 8.91. The lowest BCUT2D eigenvalue weighted by Gasteiger charge is -2.07. The molecule has 0 bridgehead atoms. The molecule has 1 amide bonds. The monoisotopic (exact) mass is 332 g/mol. The number of benzene rings is 1. The second-order valence-electron chi connectivity index (χ2n) is 5.78. The van der Waals surface area contributed by atoms with Crippen LogP contribution in [-0.2, 0) is 11.2 Å². The Hall–Kier alpha value is -3.48. The highest BCUT2D eigenvalue weighted by molar-refractivity contribution is 5.92. The Morgan fingerprint density at radius 3 is 2.88 bits per heavy atom. The molecule has 7 nitrogen and oxygen atoms in total. The number of nitrogens with zero attached hydrogens (tertiary/aromatic N) is 4. The highest BCUT2D eigenvalue weighted by atomic mass is 16.1. The van der Waals surface area contributed by atoms with Crippen LogP contribution in [0, 0.1) is 6.92 Å². The largest absolute Gasteiger partial charge is 0.310 e. The Labute approximate surface area is 143 Å². The summed E-state index contributed by atoms with van der Waals surface area (Å²) in [5.74, 6) is 0.526. The van der Waals surface area contributed by atoms with Crippen LogP contribution in [-0.4, -0.2) is 30.5 Å². The molecule has 0 saturated carbocycles. The van der Waals surface area contributed by atoms with Gasteiger partial charge in [-0.1, -0.05) is 24.3 Å². The normalized spacial score (nSPS) is 10.9. The van der Waals surface area contributed by atoms with E-state index in [2.05, 4.69) is 25.5 Å². The molecule has 0 atom stereocenters. The van der Waals surface area contributed by atoms with Crippen LogP contribution in [0.3, 0.4) is 0 Å². The second-order valence-corrected chi connectivity index (χ2v) is 5.78. The van der Waals surface area contributed by atoms with E-state index in [4.69, 9.17) is 0 Å². The lowest BCUT2D eigenvalue weighted by Crippen LogP contribution is -2.16. The Morgan fingerprint density at radius 2 is 2.08 bits per heavy atom. The van der Waals surface area contributed by atoms with Crippen molar-refractivity contribution in [3.63, 3.8) is 0 Å². The predicted molar refractivity (Wildman–Crippen MR) is 94.1 cm³/mol. The van der Waals surface area contributed by atoms with Gasteiger partial charge in [-0.3, -0.25) is 19.3 Å². The summed E-state index contributed by atoms with van der Waals surface area (Å²) >= 11 is 0. The quantitative estimate of drug-likeness (QED) is 0.601. The maximum Gasteiger partial charge on any atom is 0.229 e. The third kappa shape index (κ3) is 2.99. The van der Waals surface area contributed by atoms with Gasteiger partial charge in [-0.05, 0) is 18.1 Å². The number of nitrogens with one attached hydrogen (secondary N) is 2. The van der Waals surface area contributed by atoms with Crippen LogP contribution < -0.4 is 5.32 Å². The molecule has 0 radical (unpaired) electrons. The van der Waals surface area contributed by atoms with E-state index in [9.17, 15) is 4.79 Å². The molecule has 124 valence electrons. The fourth-order valence-electron chi connectivity index (χ4n) is 2.69. The number of aryl methyl sites for hydroxylation is 1. The van der Waals surface area contributed by atoms with Gasteiger partial charge in [0.25, 0.3) is 0 Å². The van der Waals surface area contributed by atoms with Gasteiger partial charge >= 0.3 is 0 Å². The number of rotatable bonds is 4. The fourth-order valence-corrected chi connectivity index (χ4v) is 2.69. The van der Waals surface area contributed by atoms with Crippen LogP contribution in [0.5, 0.6) is 0 Å². The zero-order valence-corrected chi connectivity index (χ0v) is 13.6. The van der Waals surface area contributed by atoms with Gasteiger partial charge in [0.1, 0.15) is 5.82 Å². The van der Waals surface area contributed by atoms with Crippen molar-refractivity contribution in [3.05, 3.63) is 66.4 Å². The Balaban J connectivity index is 1.60. The van der Waals surface area contributed by atoms with E-state index in [-0.39, 0.29) is 5.91 Å². The Morgan fingerprint density at radius 1 is 1.20 bits per heavy atom. The predicted octanol–water partition coefficient (Wildman–Crippen LogP) is 2.61. The zero-order chi connectivity index (χ0) is 17.2. The van der Waals surface area contributed by atoms with Crippen molar-refractivity contribution in [2.24, 2.45) is 0 Å². The molecule has 2 N–H and O–H groups in total. The molecule has 1 aromatic carbocycles. The summed E-state index contributed by atoms with van der Waals surface area (Å²) in [6.45, 7) is 2.00. The highest BCUT2D eigenvalue weighted by Gasteiger charge is 2.11. The molecule has 7 heteroatoms. The van der Waals surface area contributed by atoms with E-state index >= 15 is 0 Å². The number of aromatic amines is 1. The molecule has 4 aromatic rings. The molecule has 25 heavy (non-hydrogen) atoms. The third-order valence-electron chi connectivity index (χ3n) is 4.07. The van der Waals surface area contributed by atoms with Crippen molar-refractivity contribution in [2.75, 3.05) is 5.32 Å². The lowest BCUT2D eigenvalue weighted by atomic mass is 10.1. The van der Waals surface area contributed by atoms with E-state index in [1.807, 2.05) is 41.8 Å². The molecule has 0 aliphatic carbocycles. The highest BCUT2D eigenvalue weighted by Crippen LogP contribution is 2.19. The van der Waals surface area contributed by atoms with E-state index in [0.717, 1.165) is 22.4 Å². The number of imidazole rings is 1. The summed E-state index contributed by atoms with van der Waals surface area (Å²) in [4.78, 5) is 21.1. The van der Waals surface area contributed by atoms with Gasteiger partial charge in [0.05, 0.1) is 30.7 Å². The van der Waals surface area contributed by atoms with Crippen molar-refractivity contribution in [3.8, 4) is 11.3 Å². The second kappa shape index (κ2) is 6.20. The number of fused-ring (bicyclic) bond motifs is 1. The van der Waals surface area contributed by atoms with Crippen molar-refractivity contribution in [2.45, 2.75) is 13.3 Å². The Bertz CT molecular complexity index is 1030. The topological polar surface area (TPSA) is 88.0 Å². The molecule has 3 heterocycles. The van der Waals surface area contributed by atoms with Gasteiger partial charge in [-0.2, -0.15) is 5.10 Å². The van der Waals surface area contributed by atoms with Crippen molar-refractivity contribution < 1.29 is 4.79 Å². The summed E-state index contributed by atoms with van der Waals surface area (Å²) in [5, 5.41) is 9.62. The zero-order valence-electron chi connectivity index (χ0n) is 13.6. The standard InChI is InChI=1S/C18H16N6O/c1-12-4-2-3-5-13(12)6-18(25)23-17-10-20-16-9-19-15(11-24(16)17)14-7-21-22-8-14/h2-5,7-11H,6H2,1H3,(H,21,22)(H,23,25). The fraction of sp³-hybridized carbons (Fsp3) is 0.111. The molecule has 0 aliphatic rings. The average Bonchev–Trinajstić information content (AvgIpc) is 3.27. The van der Waals surface area contributed by atoms with Crippen molar-refractivity contribution in [1.82, 2.24) is 24.6 Å². The van der Waals surface area contributed by atoms with Gasteiger partial charge in [0, 0.05) is 18.0 Å². The number of amides is 1. The first-order valence-electron chi connectivity index (χ1n) is 7.87. The first-order valence-corrected chi connectivity index (χ1v) is 7.87. The van der Waals surface area contributed by atoms with Gasteiger partial charge in [-0.25, -0.2) is 4.98 Å². The molecule has 0 saturated heterocycles. The number of aromatic nitrogens is 5. The molecule has 0 fully saturated rings. The molecule has 0 unspecified atom stereocenters. The van der Waals surface area contributed by atoms with Crippen molar-refractivity contribution in [1.29, 1.82) is 0 Å². The first kappa shape index (κ1) is 15.1. The summed E-state index contributed by atoms with van der Waals surface area (Å²) < 4.78 is 1.81. The lowest BCUT2D eigenvalue weighted by molar-refractivity contribution is -0.115. The number of H-pyrrole nitrogens is 1. The van der Waals surface area contributed by atoms with Gasteiger partial charge in [0.15, 0.2) is 5.65 Å². The van der Waals surface area contributed by atoms with Crippen LogP contribution in [0.4, 0.5) is 5.82 Å². The van der Waals surface area contributed by atoms with Crippen LogP contribution in [0.1, 0.15) is 11.1 Å². The average molecular weight is 332 g/mol. The van der Waals surface area contributed by atoms with E-state index in [1.54, 1.807) is 24.8 Å². The maximum absolute atomic E-state index is 12.4. The summed E-state index contributed by atoms with van der Waals surface area (Å²) in [5.41, 5.74) is 4.39. The SMILES string of the molecule is Cc1ccccc1CC(=O)Nc1cnc2cnc(-c3cn[nH]c3)cn12. The van der Waals surface area contributed by atoms with Gasteiger partial charge < -0.3 is 5.32 Å². The molecule has 4 rings (SSSR count). The number of hydrogen-bond acceptors (Lipinski definition) is 4. The van der Waals surface area contributed by atoms with Crippen LogP contribution in [0.25, 0.3) is 16.9 Å². The van der Waals surface area contributed by atoms with E-state index in [1.165, 1.54) is 0 Å². The van der Waals surface area contributed by atoms with Gasteiger partial charge in [-0.15, -0.1) is 0 Å². The van der Waals surface area contributed by atoms with Gasteiger partial charge in [0.2, 0.25) is 5.91 Å². The molecular weight excluding hydrogens is 316 g/mol. The minimum absolute atomic E-state index is 0.0854. The number of anilines is 1. The van der Waals surface area contributed by atoms with E-state index in [0.29, 0.717) is 17.9 Å². The molecule has 3 aromatic heterocycles. The number of carbonyl (C=O) groups is 1. The molecule has 0 spiro atoms. The summed E-state index contributed by atoms with van der Waals surface area (Å²) in [6, 6.07) is 7.86. The van der Waals surface area contributed by atoms with Crippen LogP contribution in [0.15, 0.2) is 55.2 Å². The third-order valence-corrected chi connectivity index (χ3v) is 4.07.